The molecule has 0 saturated heterocycles. The van der Waals surface area contributed by atoms with E-state index in [2.05, 4.69) is 23.2 Å². The highest BCUT2D eigenvalue weighted by atomic mass is 16.2. The summed E-state index contributed by atoms with van der Waals surface area (Å²) in [6.07, 6.45) is 3.49. The maximum atomic E-state index is 13.0. The topological polar surface area (TPSA) is 51.0 Å². The van der Waals surface area contributed by atoms with E-state index in [1.807, 2.05) is 53.4 Å². The largest absolute Gasteiger partial charge is 0.304 e. The van der Waals surface area contributed by atoms with E-state index in [1.54, 1.807) is 6.20 Å². The predicted octanol–water partition coefficient (Wildman–Crippen LogP) is 3.25. The number of carbonyl (C=O) groups is 1. The number of aryl methyl sites for hydroxylation is 1. The van der Waals surface area contributed by atoms with Crippen molar-refractivity contribution < 1.29 is 4.79 Å². The van der Waals surface area contributed by atoms with Crippen LogP contribution >= 0.6 is 0 Å². The molecular weight excluding hydrogens is 300 g/mol. The van der Waals surface area contributed by atoms with Crippen LogP contribution in [0, 0.1) is 0 Å². The molecule has 3 aromatic rings. The summed E-state index contributed by atoms with van der Waals surface area (Å²) >= 11 is 0. The van der Waals surface area contributed by atoms with E-state index in [1.165, 1.54) is 10.4 Å². The third-order valence-electron chi connectivity index (χ3n) is 4.44. The summed E-state index contributed by atoms with van der Waals surface area (Å²) < 4.78 is 0. The molecule has 0 unspecified atom stereocenters. The molecule has 4 rings (SSSR count). The zero-order valence-corrected chi connectivity index (χ0v) is 13.5. The highest BCUT2D eigenvalue weighted by Gasteiger charge is 2.30. The van der Waals surface area contributed by atoms with Gasteiger partial charge in [-0.15, -0.1) is 5.10 Å². The van der Waals surface area contributed by atoms with E-state index in [9.17, 15) is 4.79 Å². The standard InChI is InChI=1S/C19H18N4O/c1-14-11-12-15-7-5-6-10-18(15)22(14)19(24)17-13-20-23(21-17)16-8-3-2-4-9-16/h2-10,13-14H,11-12H2,1H3/t14-/m0/s1. The number of anilines is 1. The van der Waals surface area contributed by atoms with Gasteiger partial charge in [0.05, 0.1) is 11.9 Å². The van der Waals surface area contributed by atoms with Gasteiger partial charge in [0.1, 0.15) is 0 Å². The summed E-state index contributed by atoms with van der Waals surface area (Å²) in [7, 11) is 0. The Labute approximate surface area is 140 Å². The average Bonchev–Trinajstić information content (AvgIpc) is 3.12. The van der Waals surface area contributed by atoms with E-state index in [0.29, 0.717) is 5.69 Å². The number of nitrogens with zero attached hydrogens (tertiary/aromatic N) is 4. The Kier molecular flexibility index (Phi) is 3.61. The number of fused-ring (bicyclic) bond motifs is 1. The number of rotatable bonds is 2. The van der Waals surface area contributed by atoms with E-state index in [0.717, 1.165) is 24.2 Å². The van der Waals surface area contributed by atoms with Crippen molar-refractivity contribution in [1.29, 1.82) is 0 Å². The number of aromatic nitrogens is 3. The smallest absolute Gasteiger partial charge is 0.280 e. The number of para-hydroxylation sites is 2. The molecule has 0 saturated carbocycles. The molecule has 0 radical (unpaired) electrons. The number of hydrogen-bond donors (Lipinski definition) is 0. The highest BCUT2D eigenvalue weighted by molar-refractivity contribution is 6.05. The molecule has 2 heterocycles. The molecular formula is C19H18N4O. The van der Waals surface area contributed by atoms with Gasteiger partial charge >= 0.3 is 0 Å². The summed E-state index contributed by atoms with van der Waals surface area (Å²) in [5.74, 6) is -0.100. The van der Waals surface area contributed by atoms with Crippen LogP contribution < -0.4 is 4.90 Å². The molecule has 5 nitrogen and oxygen atoms in total. The maximum Gasteiger partial charge on any atom is 0.280 e. The lowest BCUT2D eigenvalue weighted by molar-refractivity contribution is 0.0970. The summed E-state index contributed by atoms with van der Waals surface area (Å²) in [6.45, 7) is 2.08. The fourth-order valence-corrected chi connectivity index (χ4v) is 3.17. The van der Waals surface area contributed by atoms with Gasteiger partial charge in [0.25, 0.3) is 5.91 Å². The van der Waals surface area contributed by atoms with Crippen molar-refractivity contribution in [3.8, 4) is 5.69 Å². The molecule has 1 aromatic heterocycles. The van der Waals surface area contributed by atoms with Crippen LogP contribution in [0.4, 0.5) is 5.69 Å². The van der Waals surface area contributed by atoms with Crippen LogP contribution in [0.2, 0.25) is 0 Å². The average molecular weight is 318 g/mol. The minimum Gasteiger partial charge on any atom is -0.304 e. The van der Waals surface area contributed by atoms with Crippen molar-refractivity contribution in [2.75, 3.05) is 4.90 Å². The first-order valence-electron chi connectivity index (χ1n) is 8.13. The molecule has 1 aliphatic heterocycles. The minimum absolute atomic E-state index is 0.100. The summed E-state index contributed by atoms with van der Waals surface area (Å²) in [6, 6.07) is 17.8. The van der Waals surface area contributed by atoms with Crippen molar-refractivity contribution >= 4 is 11.6 Å². The van der Waals surface area contributed by atoms with Gasteiger partial charge in [-0.3, -0.25) is 4.79 Å². The number of amides is 1. The molecule has 0 bridgehead atoms. The lowest BCUT2D eigenvalue weighted by atomic mass is 9.96. The molecule has 24 heavy (non-hydrogen) atoms. The fraction of sp³-hybridized carbons (Fsp3) is 0.211. The van der Waals surface area contributed by atoms with Gasteiger partial charge in [0.2, 0.25) is 0 Å². The second-order valence-corrected chi connectivity index (χ2v) is 6.05. The van der Waals surface area contributed by atoms with Crippen LogP contribution in [-0.2, 0) is 6.42 Å². The van der Waals surface area contributed by atoms with Crippen LogP contribution in [-0.4, -0.2) is 26.9 Å². The molecule has 0 fully saturated rings. The first kappa shape index (κ1) is 14.6. The molecule has 1 amide bonds. The molecule has 5 heteroatoms. The first-order chi connectivity index (χ1) is 11.7. The molecule has 0 spiro atoms. The fourth-order valence-electron chi connectivity index (χ4n) is 3.17. The van der Waals surface area contributed by atoms with Gasteiger partial charge in [-0.1, -0.05) is 36.4 Å². The number of benzene rings is 2. The Morgan fingerprint density at radius 1 is 1.08 bits per heavy atom. The predicted molar refractivity (Wildman–Crippen MR) is 92.4 cm³/mol. The lowest BCUT2D eigenvalue weighted by Gasteiger charge is -2.34. The summed E-state index contributed by atoms with van der Waals surface area (Å²) in [5.41, 5.74) is 3.39. The van der Waals surface area contributed by atoms with Crippen LogP contribution in [0.25, 0.3) is 5.69 Å². The van der Waals surface area contributed by atoms with Crippen molar-refractivity contribution in [3.63, 3.8) is 0 Å². The lowest BCUT2D eigenvalue weighted by Crippen LogP contribution is -2.42. The van der Waals surface area contributed by atoms with Crippen LogP contribution in [0.1, 0.15) is 29.4 Å². The molecule has 1 aliphatic rings. The van der Waals surface area contributed by atoms with Gasteiger partial charge in [0, 0.05) is 11.7 Å². The molecule has 0 aliphatic carbocycles. The second kappa shape index (κ2) is 5.92. The highest BCUT2D eigenvalue weighted by Crippen LogP contribution is 2.31. The van der Waals surface area contributed by atoms with E-state index >= 15 is 0 Å². The zero-order chi connectivity index (χ0) is 16.5. The Bertz CT molecular complexity index is 872. The monoisotopic (exact) mass is 318 g/mol. The minimum atomic E-state index is -0.100. The van der Waals surface area contributed by atoms with E-state index < -0.39 is 0 Å². The number of carbonyl (C=O) groups excluding carboxylic acids is 1. The van der Waals surface area contributed by atoms with Crippen LogP contribution in [0.3, 0.4) is 0 Å². The third-order valence-corrected chi connectivity index (χ3v) is 4.44. The zero-order valence-electron chi connectivity index (χ0n) is 13.5. The van der Waals surface area contributed by atoms with Gasteiger partial charge in [-0.2, -0.15) is 9.90 Å². The number of hydrogen-bond acceptors (Lipinski definition) is 3. The quantitative estimate of drug-likeness (QED) is 0.729. The van der Waals surface area contributed by atoms with Crippen molar-refractivity contribution in [2.45, 2.75) is 25.8 Å². The molecule has 120 valence electrons. The second-order valence-electron chi connectivity index (χ2n) is 6.05. The van der Waals surface area contributed by atoms with E-state index in [4.69, 9.17) is 0 Å². The third kappa shape index (κ3) is 2.48. The Balaban J connectivity index is 1.68. The maximum absolute atomic E-state index is 13.0. The van der Waals surface area contributed by atoms with Gasteiger partial charge in [-0.25, -0.2) is 0 Å². The summed E-state index contributed by atoms with van der Waals surface area (Å²) in [4.78, 5) is 16.4. The van der Waals surface area contributed by atoms with Crippen molar-refractivity contribution in [2.24, 2.45) is 0 Å². The van der Waals surface area contributed by atoms with Crippen molar-refractivity contribution in [1.82, 2.24) is 15.0 Å². The Morgan fingerprint density at radius 3 is 2.67 bits per heavy atom. The Morgan fingerprint density at radius 2 is 1.83 bits per heavy atom. The normalized spacial score (nSPS) is 16.7. The van der Waals surface area contributed by atoms with E-state index in [-0.39, 0.29) is 11.9 Å². The van der Waals surface area contributed by atoms with Gasteiger partial charge < -0.3 is 4.90 Å². The van der Waals surface area contributed by atoms with Gasteiger partial charge in [-0.05, 0) is 43.5 Å². The van der Waals surface area contributed by atoms with Crippen LogP contribution in [0.15, 0.2) is 60.8 Å². The molecule has 0 N–H and O–H groups in total. The summed E-state index contributed by atoms with van der Waals surface area (Å²) in [5, 5.41) is 8.62. The SMILES string of the molecule is C[C@H]1CCc2ccccc2N1C(=O)c1cnn(-c2ccccc2)n1. The molecule has 2 aromatic carbocycles. The molecule has 1 atom stereocenters. The first-order valence-corrected chi connectivity index (χ1v) is 8.13. The van der Waals surface area contributed by atoms with Crippen LogP contribution in [0.5, 0.6) is 0 Å². The van der Waals surface area contributed by atoms with Crippen molar-refractivity contribution in [3.05, 3.63) is 72.1 Å². The van der Waals surface area contributed by atoms with Gasteiger partial charge in [0.15, 0.2) is 5.69 Å². The Hall–Kier alpha value is -2.95.